The van der Waals surface area contributed by atoms with Crippen LogP contribution < -0.4 is 14.5 Å². The fourth-order valence-corrected chi connectivity index (χ4v) is 3.56. The summed E-state index contributed by atoms with van der Waals surface area (Å²) in [4.78, 5) is 28.5. The van der Waals surface area contributed by atoms with Crippen LogP contribution in [0.25, 0.3) is 0 Å². The minimum absolute atomic E-state index is 0.0604. The van der Waals surface area contributed by atoms with Gasteiger partial charge >= 0.3 is 0 Å². The summed E-state index contributed by atoms with van der Waals surface area (Å²) in [6, 6.07) is 7.03. The maximum Gasteiger partial charge on any atom is 0.292 e. The summed E-state index contributed by atoms with van der Waals surface area (Å²) in [5, 5.41) is 0. The first-order valence-corrected chi connectivity index (χ1v) is 10.8. The van der Waals surface area contributed by atoms with E-state index in [4.69, 9.17) is 4.74 Å². The van der Waals surface area contributed by atoms with Gasteiger partial charge in [-0.1, -0.05) is 34.6 Å². The number of ether oxygens (including phenoxy) is 1. The van der Waals surface area contributed by atoms with Gasteiger partial charge in [0.05, 0.1) is 31.8 Å². The second-order valence-corrected chi connectivity index (χ2v) is 8.69. The van der Waals surface area contributed by atoms with Gasteiger partial charge in [-0.15, -0.1) is 0 Å². The van der Waals surface area contributed by atoms with Gasteiger partial charge in [0, 0.05) is 0 Å². The summed E-state index contributed by atoms with van der Waals surface area (Å²) in [5.41, 5.74) is 0.647. The molecule has 1 saturated heterocycles. The maximum atomic E-state index is 13.2. The largest absolute Gasteiger partial charge is 0.494 e. The van der Waals surface area contributed by atoms with Crippen molar-refractivity contribution in [3.05, 3.63) is 24.3 Å². The summed E-state index contributed by atoms with van der Waals surface area (Å²) >= 11 is 0. The molecule has 28 heavy (non-hydrogen) atoms. The molecule has 0 bridgehead atoms. The Bertz CT molecular complexity index is 628. The summed E-state index contributed by atoms with van der Waals surface area (Å²) in [5.74, 6) is 1.79. The fourth-order valence-electron chi connectivity index (χ4n) is 3.56. The van der Waals surface area contributed by atoms with E-state index in [1.54, 1.807) is 0 Å². The number of nitrogens with one attached hydrogen (secondary N) is 1. The van der Waals surface area contributed by atoms with E-state index in [0.29, 0.717) is 30.6 Å². The lowest BCUT2D eigenvalue weighted by atomic mass is 10.1. The zero-order valence-corrected chi connectivity index (χ0v) is 18.2. The molecule has 1 aliphatic heterocycles. The molecule has 1 heterocycles. The topological polar surface area (TPSA) is 51.0 Å². The van der Waals surface area contributed by atoms with Crippen molar-refractivity contribution in [2.24, 2.45) is 11.8 Å². The van der Waals surface area contributed by atoms with Crippen LogP contribution in [0.15, 0.2) is 24.3 Å². The molecule has 1 atom stereocenters. The quantitative estimate of drug-likeness (QED) is 0.592. The zero-order chi connectivity index (χ0) is 20.7. The number of benzene rings is 1. The van der Waals surface area contributed by atoms with Crippen LogP contribution >= 0.6 is 0 Å². The number of rotatable bonds is 11. The highest BCUT2D eigenvalue weighted by atomic mass is 16.5. The molecule has 1 aromatic rings. The predicted molar refractivity (Wildman–Crippen MR) is 113 cm³/mol. The van der Waals surface area contributed by atoms with Crippen molar-refractivity contribution in [1.82, 2.24) is 0 Å². The fraction of sp³-hybridized carbons (Fsp3) is 0.652. The molecular weight excluding hydrogens is 352 g/mol. The van der Waals surface area contributed by atoms with Gasteiger partial charge in [0.25, 0.3) is 5.91 Å². The number of imide groups is 1. The van der Waals surface area contributed by atoms with Gasteiger partial charge < -0.3 is 9.64 Å². The molecule has 1 aromatic carbocycles. The number of anilines is 1. The first kappa shape index (κ1) is 22.4. The molecule has 156 valence electrons. The van der Waals surface area contributed by atoms with Crippen molar-refractivity contribution >= 4 is 17.5 Å². The first-order chi connectivity index (χ1) is 13.3. The second kappa shape index (κ2) is 10.6. The van der Waals surface area contributed by atoms with E-state index in [2.05, 4.69) is 34.6 Å². The summed E-state index contributed by atoms with van der Waals surface area (Å²) < 4.78 is 5.60. The Morgan fingerprint density at radius 1 is 1.04 bits per heavy atom. The highest BCUT2D eigenvalue weighted by molar-refractivity contribution is 6.21. The number of carbonyl (C=O) groups excluding carboxylic acids is 2. The third-order valence-electron chi connectivity index (χ3n) is 5.29. The second-order valence-electron chi connectivity index (χ2n) is 8.69. The Morgan fingerprint density at radius 2 is 1.61 bits per heavy atom. The van der Waals surface area contributed by atoms with Crippen molar-refractivity contribution in [2.75, 3.05) is 24.6 Å². The Kier molecular flexibility index (Phi) is 8.49. The van der Waals surface area contributed by atoms with E-state index in [1.807, 2.05) is 24.3 Å². The van der Waals surface area contributed by atoms with E-state index in [1.165, 1.54) is 9.80 Å². The molecule has 5 heteroatoms. The van der Waals surface area contributed by atoms with E-state index in [0.717, 1.165) is 38.1 Å². The van der Waals surface area contributed by atoms with Crippen LogP contribution in [-0.4, -0.2) is 37.6 Å². The highest BCUT2D eigenvalue weighted by Gasteiger charge is 2.45. The molecule has 0 radical (unpaired) electrons. The van der Waals surface area contributed by atoms with Gasteiger partial charge in [0.2, 0.25) is 5.91 Å². The molecule has 1 N–H and O–H groups in total. The van der Waals surface area contributed by atoms with Gasteiger partial charge in [0.1, 0.15) is 5.75 Å². The lowest BCUT2D eigenvalue weighted by Crippen LogP contribution is -3.16. The average Bonchev–Trinajstić information content (AvgIpc) is 2.94. The molecule has 0 unspecified atom stereocenters. The van der Waals surface area contributed by atoms with Gasteiger partial charge in [-0.2, -0.15) is 0 Å². The van der Waals surface area contributed by atoms with Crippen LogP contribution in [-0.2, 0) is 9.59 Å². The SMILES string of the molecule is CCCOc1ccc(N2C(=O)C[C@@H]([NH+](CCC(C)C)CCC(C)C)C2=O)cc1. The molecule has 1 fully saturated rings. The van der Waals surface area contributed by atoms with Crippen LogP contribution in [0, 0.1) is 11.8 Å². The molecule has 2 amide bonds. The normalized spacial score (nSPS) is 17.4. The van der Waals surface area contributed by atoms with Gasteiger partial charge in [-0.3, -0.25) is 9.59 Å². The van der Waals surface area contributed by atoms with E-state index >= 15 is 0 Å². The first-order valence-electron chi connectivity index (χ1n) is 10.8. The monoisotopic (exact) mass is 389 g/mol. The van der Waals surface area contributed by atoms with Crippen LogP contribution in [0.1, 0.15) is 60.3 Å². The Balaban J connectivity index is 2.12. The third-order valence-corrected chi connectivity index (χ3v) is 5.29. The third kappa shape index (κ3) is 6.06. The van der Waals surface area contributed by atoms with Crippen molar-refractivity contribution in [3.63, 3.8) is 0 Å². The number of hydrogen-bond donors (Lipinski definition) is 1. The van der Waals surface area contributed by atoms with Gasteiger partial charge in [-0.25, -0.2) is 4.90 Å². The predicted octanol–water partition coefficient (Wildman–Crippen LogP) is 3.08. The zero-order valence-electron chi connectivity index (χ0n) is 18.2. The van der Waals surface area contributed by atoms with E-state index < -0.39 is 0 Å². The average molecular weight is 390 g/mol. The van der Waals surface area contributed by atoms with E-state index in [-0.39, 0.29) is 17.9 Å². The molecule has 0 aliphatic carbocycles. The van der Waals surface area contributed by atoms with Crippen molar-refractivity contribution < 1.29 is 19.2 Å². The Hall–Kier alpha value is -1.88. The molecule has 2 rings (SSSR count). The lowest BCUT2D eigenvalue weighted by molar-refractivity contribution is -0.916. The van der Waals surface area contributed by atoms with E-state index in [9.17, 15) is 9.59 Å². The molecule has 5 nitrogen and oxygen atoms in total. The van der Waals surface area contributed by atoms with Crippen LogP contribution in [0.4, 0.5) is 5.69 Å². The standard InChI is InChI=1S/C23H36N2O3/c1-6-15-28-20-9-7-19(8-10-20)25-22(26)16-21(23(25)27)24(13-11-17(2)3)14-12-18(4)5/h7-10,17-18,21H,6,11-16H2,1-5H3/p+1/t21-/m1/s1. The number of carbonyl (C=O) groups is 2. The smallest absolute Gasteiger partial charge is 0.292 e. The maximum absolute atomic E-state index is 13.2. The Labute approximate surface area is 170 Å². The molecule has 0 aromatic heterocycles. The van der Waals surface area contributed by atoms with Crippen molar-refractivity contribution in [1.29, 1.82) is 0 Å². The van der Waals surface area contributed by atoms with Crippen LogP contribution in [0.2, 0.25) is 0 Å². The van der Waals surface area contributed by atoms with Crippen molar-refractivity contribution in [2.45, 2.75) is 66.3 Å². The van der Waals surface area contributed by atoms with Gasteiger partial charge in [-0.05, 0) is 55.4 Å². The number of amides is 2. The molecule has 1 aliphatic rings. The minimum atomic E-state index is -0.263. The minimum Gasteiger partial charge on any atom is -0.494 e. The van der Waals surface area contributed by atoms with Gasteiger partial charge in [0.15, 0.2) is 6.04 Å². The number of nitrogens with zero attached hydrogens (tertiary/aromatic N) is 1. The summed E-state index contributed by atoms with van der Waals surface area (Å²) in [7, 11) is 0. The molecule has 0 saturated carbocycles. The summed E-state index contributed by atoms with van der Waals surface area (Å²) in [6.07, 6.45) is 3.38. The highest BCUT2D eigenvalue weighted by Crippen LogP contribution is 2.24. The van der Waals surface area contributed by atoms with Crippen LogP contribution in [0.5, 0.6) is 5.75 Å². The molecular formula is C23H37N2O3+. The van der Waals surface area contributed by atoms with Crippen molar-refractivity contribution in [3.8, 4) is 5.75 Å². The number of hydrogen-bond acceptors (Lipinski definition) is 3. The Morgan fingerprint density at radius 3 is 2.11 bits per heavy atom. The molecule has 0 spiro atoms. The van der Waals surface area contributed by atoms with Crippen LogP contribution in [0.3, 0.4) is 0 Å². The number of quaternary nitrogens is 1. The lowest BCUT2D eigenvalue weighted by Gasteiger charge is -2.26. The summed E-state index contributed by atoms with van der Waals surface area (Å²) in [6.45, 7) is 13.4.